The minimum atomic E-state index is 0.146. The van der Waals surface area contributed by atoms with E-state index in [2.05, 4.69) is 30.2 Å². The van der Waals surface area contributed by atoms with Crippen LogP contribution in [0.15, 0.2) is 65.7 Å². The van der Waals surface area contributed by atoms with Crippen molar-refractivity contribution in [1.82, 2.24) is 9.80 Å². The molecule has 0 unspecified atom stereocenters. The summed E-state index contributed by atoms with van der Waals surface area (Å²) in [6.07, 6.45) is 10.4. The lowest BCUT2D eigenvalue weighted by molar-refractivity contribution is 0.197. The van der Waals surface area contributed by atoms with Crippen molar-refractivity contribution in [2.75, 3.05) is 33.9 Å². The molecule has 5 nitrogen and oxygen atoms in total. The van der Waals surface area contributed by atoms with Crippen LogP contribution in [0, 0.1) is 5.92 Å². The number of aliphatic hydroxyl groups is 1. The van der Waals surface area contributed by atoms with Gasteiger partial charge in [-0.05, 0) is 61.9 Å². The van der Waals surface area contributed by atoms with Crippen LogP contribution in [0.25, 0.3) is 0 Å². The maximum absolute atomic E-state index is 9.29. The number of aliphatic imine (C=N–C) groups is 1. The minimum absolute atomic E-state index is 0.146. The summed E-state index contributed by atoms with van der Waals surface area (Å²) in [6, 6.07) is 7.94. The van der Waals surface area contributed by atoms with Gasteiger partial charge >= 0.3 is 0 Å². The maximum Gasteiger partial charge on any atom is 0.186 e. The Balaban J connectivity index is 2.31. The lowest BCUT2D eigenvalue weighted by Crippen LogP contribution is -2.24. The Kier molecular flexibility index (Phi) is 12.3. The number of benzene rings is 1. The molecule has 0 radical (unpaired) electrons. The molecule has 1 aliphatic carbocycles. The first kappa shape index (κ1) is 28.0. The summed E-state index contributed by atoms with van der Waals surface area (Å²) >= 11 is 6.07. The highest BCUT2D eigenvalue weighted by Gasteiger charge is 2.18. The summed E-state index contributed by atoms with van der Waals surface area (Å²) in [4.78, 5) is 8.92. The predicted molar refractivity (Wildman–Crippen MR) is 144 cm³/mol. The molecule has 0 saturated heterocycles. The lowest BCUT2D eigenvalue weighted by atomic mass is 9.90. The Bertz CT molecular complexity index is 842. The maximum atomic E-state index is 9.29. The Hall–Kier alpha value is -2.24. The first-order chi connectivity index (χ1) is 16.3. The number of allylic oxidation sites excluding steroid dienone is 1. The lowest BCUT2D eigenvalue weighted by Gasteiger charge is -2.27. The highest BCUT2D eigenvalue weighted by atomic mass is 35.5. The molecule has 0 spiro atoms. The number of rotatable bonds is 13. The standard InChI is InChI=1S/C28H42ClN3O2/c1-6-31(4)28(30-23(3)34-21-25-11-8-7-9-12-25)27(22(2)32(5)19-10-20-33)18-15-24-13-16-26(29)17-14-24/h6,13-14,16-17,25,33H,1-2,7-12,15,18-21H2,3-5H3/b28-27-,30-23+. The van der Waals surface area contributed by atoms with E-state index in [-0.39, 0.29) is 6.61 Å². The third-order valence-electron chi connectivity index (χ3n) is 6.43. The largest absolute Gasteiger partial charge is 0.481 e. The average molecular weight is 488 g/mol. The van der Waals surface area contributed by atoms with Crippen LogP contribution in [0.3, 0.4) is 0 Å². The van der Waals surface area contributed by atoms with Crippen LogP contribution in [-0.2, 0) is 11.2 Å². The van der Waals surface area contributed by atoms with Crippen molar-refractivity contribution in [3.63, 3.8) is 0 Å². The third-order valence-corrected chi connectivity index (χ3v) is 6.68. The highest BCUT2D eigenvalue weighted by Crippen LogP contribution is 2.27. The second kappa shape index (κ2) is 14.9. The highest BCUT2D eigenvalue weighted by molar-refractivity contribution is 6.30. The van der Waals surface area contributed by atoms with Crippen LogP contribution in [0.2, 0.25) is 5.02 Å². The first-order valence-corrected chi connectivity index (χ1v) is 12.8. The van der Waals surface area contributed by atoms with Crippen molar-refractivity contribution >= 4 is 17.5 Å². The van der Waals surface area contributed by atoms with E-state index in [9.17, 15) is 5.11 Å². The van der Waals surface area contributed by atoms with Gasteiger partial charge in [0, 0.05) is 50.5 Å². The van der Waals surface area contributed by atoms with E-state index in [1.54, 1.807) is 6.20 Å². The van der Waals surface area contributed by atoms with E-state index in [1.807, 2.05) is 38.1 Å². The molecular formula is C28H42ClN3O2. The number of aliphatic hydroxyl groups excluding tert-OH is 1. The summed E-state index contributed by atoms with van der Waals surface area (Å²) in [5, 5.41) is 10.0. The van der Waals surface area contributed by atoms with Crippen molar-refractivity contribution in [3.05, 3.63) is 71.3 Å². The number of hydrogen-bond acceptors (Lipinski definition) is 5. The smallest absolute Gasteiger partial charge is 0.186 e. The van der Waals surface area contributed by atoms with Crippen molar-refractivity contribution in [2.24, 2.45) is 10.9 Å². The molecule has 0 aromatic heterocycles. The molecule has 6 heteroatoms. The molecule has 2 rings (SSSR count). The number of hydrogen-bond donors (Lipinski definition) is 1. The van der Waals surface area contributed by atoms with E-state index in [0.29, 0.717) is 24.8 Å². The summed E-state index contributed by atoms with van der Waals surface area (Å²) < 4.78 is 6.10. The number of aryl methyl sites for hydroxylation is 1. The molecule has 1 N–H and O–H groups in total. The minimum Gasteiger partial charge on any atom is -0.481 e. The van der Waals surface area contributed by atoms with Gasteiger partial charge in [0.25, 0.3) is 0 Å². The zero-order chi connectivity index (χ0) is 24.9. The van der Waals surface area contributed by atoms with E-state index < -0.39 is 0 Å². The number of ether oxygens (including phenoxy) is 1. The zero-order valence-electron chi connectivity index (χ0n) is 21.2. The average Bonchev–Trinajstić information content (AvgIpc) is 2.86. The topological polar surface area (TPSA) is 48.3 Å². The van der Waals surface area contributed by atoms with Gasteiger partial charge in [0.1, 0.15) is 5.82 Å². The monoisotopic (exact) mass is 487 g/mol. The molecule has 0 atom stereocenters. The number of nitrogens with zero attached hydrogens (tertiary/aromatic N) is 3. The van der Waals surface area contributed by atoms with Crippen LogP contribution in [-0.4, -0.2) is 54.7 Å². The van der Waals surface area contributed by atoms with Gasteiger partial charge in [-0.25, -0.2) is 0 Å². The fourth-order valence-electron chi connectivity index (χ4n) is 4.20. The van der Waals surface area contributed by atoms with Crippen LogP contribution in [0.4, 0.5) is 0 Å². The molecule has 0 aliphatic heterocycles. The molecule has 1 fully saturated rings. The molecule has 1 saturated carbocycles. The van der Waals surface area contributed by atoms with Crippen molar-refractivity contribution < 1.29 is 9.84 Å². The molecule has 0 amide bonds. The summed E-state index contributed by atoms with van der Waals surface area (Å²) in [5.74, 6) is 2.06. The van der Waals surface area contributed by atoms with Crippen LogP contribution >= 0.6 is 11.6 Å². The first-order valence-electron chi connectivity index (χ1n) is 12.4. The van der Waals surface area contributed by atoms with E-state index in [1.165, 1.54) is 37.7 Å². The summed E-state index contributed by atoms with van der Waals surface area (Å²) in [7, 11) is 3.95. The summed E-state index contributed by atoms with van der Waals surface area (Å²) in [6.45, 7) is 11.9. The van der Waals surface area contributed by atoms with Crippen molar-refractivity contribution in [2.45, 2.75) is 58.3 Å². The SMILES string of the molecule is C=CN(C)C(/N=C(\C)OCC1CCCCC1)=C(/CCc1ccc(Cl)cc1)C(=C)N(C)CCCO. The van der Waals surface area contributed by atoms with E-state index in [4.69, 9.17) is 21.3 Å². The van der Waals surface area contributed by atoms with Gasteiger partial charge in [-0.2, -0.15) is 4.99 Å². The van der Waals surface area contributed by atoms with Gasteiger partial charge < -0.3 is 19.6 Å². The molecule has 188 valence electrons. The molecule has 34 heavy (non-hydrogen) atoms. The number of likely N-dealkylation sites (N-methyl/N-ethyl adjacent to an activating group) is 1. The van der Waals surface area contributed by atoms with E-state index in [0.717, 1.165) is 41.6 Å². The Morgan fingerprint density at radius 3 is 2.50 bits per heavy atom. The van der Waals surface area contributed by atoms with Crippen molar-refractivity contribution in [1.29, 1.82) is 0 Å². The second-order valence-electron chi connectivity index (χ2n) is 9.11. The molecule has 0 heterocycles. The van der Waals surface area contributed by atoms with Gasteiger partial charge in [0.15, 0.2) is 5.90 Å². The Morgan fingerprint density at radius 1 is 1.21 bits per heavy atom. The Morgan fingerprint density at radius 2 is 1.88 bits per heavy atom. The predicted octanol–water partition coefficient (Wildman–Crippen LogP) is 6.40. The van der Waals surface area contributed by atoms with Crippen molar-refractivity contribution in [3.8, 4) is 0 Å². The Labute approximate surface area is 211 Å². The van der Waals surface area contributed by atoms with Crippen LogP contribution in [0.1, 0.15) is 57.4 Å². The second-order valence-corrected chi connectivity index (χ2v) is 9.55. The number of halogens is 1. The molecular weight excluding hydrogens is 446 g/mol. The quantitative estimate of drug-likeness (QED) is 0.198. The third kappa shape index (κ3) is 9.19. The van der Waals surface area contributed by atoms with Gasteiger partial charge in [-0.1, -0.05) is 56.2 Å². The zero-order valence-corrected chi connectivity index (χ0v) is 22.0. The fraction of sp³-hybridized carbons (Fsp3) is 0.536. The van der Waals surface area contributed by atoms with Gasteiger partial charge in [-0.3, -0.25) is 0 Å². The molecule has 0 bridgehead atoms. The van der Waals surface area contributed by atoms with Crippen LogP contribution in [0.5, 0.6) is 0 Å². The fourth-order valence-corrected chi connectivity index (χ4v) is 4.32. The van der Waals surface area contributed by atoms with Crippen LogP contribution < -0.4 is 0 Å². The molecule has 1 aromatic carbocycles. The summed E-state index contributed by atoms with van der Waals surface area (Å²) in [5.41, 5.74) is 3.11. The molecule has 1 aromatic rings. The molecule has 1 aliphatic rings. The van der Waals surface area contributed by atoms with Gasteiger partial charge in [-0.15, -0.1) is 0 Å². The van der Waals surface area contributed by atoms with E-state index >= 15 is 0 Å². The van der Waals surface area contributed by atoms with Gasteiger partial charge in [0.2, 0.25) is 0 Å². The normalized spacial score (nSPS) is 15.5. The van der Waals surface area contributed by atoms with Gasteiger partial charge in [0.05, 0.1) is 6.61 Å².